The molecule has 2 N–H and O–H groups in total. The minimum Gasteiger partial charge on any atom is -0.462 e. The molecule has 0 aliphatic heterocycles. The number of hydrogen-bond acceptors (Lipinski definition) is 4. The Labute approximate surface area is 107 Å². The van der Waals surface area contributed by atoms with Crippen molar-refractivity contribution >= 4 is 23.4 Å². The molecule has 0 radical (unpaired) electrons. The lowest BCUT2D eigenvalue weighted by Gasteiger charge is -2.19. The fourth-order valence-corrected chi connectivity index (χ4v) is 2.33. The van der Waals surface area contributed by atoms with E-state index in [1.807, 2.05) is 0 Å². The first-order valence-corrected chi connectivity index (χ1v) is 6.41. The molecule has 0 aromatic heterocycles. The maximum Gasteiger partial charge on any atom is 0.338 e. The first kappa shape index (κ1) is 13.9. The second-order valence-corrected chi connectivity index (χ2v) is 6.56. The zero-order valence-electron chi connectivity index (χ0n) is 10.7. The van der Waals surface area contributed by atoms with E-state index in [1.54, 1.807) is 36.9 Å². The summed E-state index contributed by atoms with van der Waals surface area (Å²) in [5.41, 5.74) is 7.14. The Morgan fingerprint density at radius 3 is 2.59 bits per heavy atom. The highest BCUT2D eigenvalue weighted by atomic mass is 32.2. The number of nitrogens with two attached hydrogens (primary N) is 1. The molecule has 1 aromatic rings. The molecule has 1 aromatic carbocycles. The molecule has 17 heavy (non-hydrogen) atoms. The normalized spacial score (nSPS) is 11.3. The molecule has 0 unspecified atom stereocenters. The van der Waals surface area contributed by atoms with E-state index in [0.29, 0.717) is 17.9 Å². The number of benzene rings is 1. The molecule has 0 spiro atoms. The molecule has 0 saturated carbocycles. The number of esters is 1. The number of ether oxygens (including phenoxy) is 1. The van der Waals surface area contributed by atoms with Crippen LogP contribution in [-0.4, -0.2) is 17.3 Å². The zero-order valence-corrected chi connectivity index (χ0v) is 11.6. The van der Waals surface area contributed by atoms with Crippen molar-refractivity contribution in [3.63, 3.8) is 0 Å². The minimum absolute atomic E-state index is 0.0569. The highest BCUT2D eigenvalue weighted by molar-refractivity contribution is 8.00. The molecular weight excluding hydrogens is 234 g/mol. The Morgan fingerprint density at radius 2 is 2.06 bits per heavy atom. The van der Waals surface area contributed by atoms with Crippen molar-refractivity contribution in [2.45, 2.75) is 37.3 Å². The third-order valence-electron chi connectivity index (χ3n) is 1.94. The summed E-state index contributed by atoms with van der Waals surface area (Å²) in [6.45, 7) is 8.49. The van der Waals surface area contributed by atoms with Gasteiger partial charge in [-0.3, -0.25) is 0 Å². The van der Waals surface area contributed by atoms with Crippen LogP contribution < -0.4 is 5.73 Å². The van der Waals surface area contributed by atoms with E-state index in [0.717, 1.165) is 4.90 Å². The Balaban J connectivity index is 2.98. The number of hydrogen-bond donors (Lipinski definition) is 1. The quantitative estimate of drug-likeness (QED) is 0.510. The van der Waals surface area contributed by atoms with E-state index in [1.165, 1.54) is 0 Å². The highest BCUT2D eigenvalue weighted by Crippen LogP contribution is 2.36. The fourth-order valence-electron chi connectivity index (χ4n) is 1.29. The molecular formula is C13H19NO2S. The van der Waals surface area contributed by atoms with Crippen LogP contribution in [0.15, 0.2) is 23.1 Å². The summed E-state index contributed by atoms with van der Waals surface area (Å²) in [7, 11) is 0. The molecule has 0 amide bonds. The molecule has 94 valence electrons. The molecule has 3 nitrogen and oxygen atoms in total. The van der Waals surface area contributed by atoms with Gasteiger partial charge >= 0.3 is 5.97 Å². The van der Waals surface area contributed by atoms with Crippen LogP contribution in [0.5, 0.6) is 0 Å². The molecule has 0 bridgehead atoms. The second kappa shape index (κ2) is 5.45. The highest BCUT2D eigenvalue weighted by Gasteiger charge is 2.16. The van der Waals surface area contributed by atoms with Crippen molar-refractivity contribution in [2.24, 2.45) is 0 Å². The lowest BCUT2D eigenvalue weighted by molar-refractivity contribution is 0.0526. The summed E-state index contributed by atoms with van der Waals surface area (Å²) >= 11 is 1.64. The molecule has 0 aliphatic rings. The van der Waals surface area contributed by atoms with Crippen LogP contribution in [0.1, 0.15) is 38.1 Å². The monoisotopic (exact) mass is 253 g/mol. The Kier molecular flexibility index (Phi) is 4.46. The van der Waals surface area contributed by atoms with Gasteiger partial charge in [-0.25, -0.2) is 4.79 Å². The van der Waals surface area contributed by atoms with Gasteiger partial charge in [0, 0.05) is 15.3 Å². The van der Waals surface area contributed by atoms with Gasteiger partial charge in [0.2, 0.25) is 0 Å². The van der Waals surface area contributed by atoms with Crippen molar-refractivity contribution in [1.29, 1.82) is 0 Å². The number of carbonyl (C=O) groups excluding carboxylic acids is 1. The topological polar surface area (TPSA) is 52.3 Å². The SMILES string of the molecule is CCOC(=O)c1ccc(N)c(SC(C)(C)C)c1. The summed E-state index contributed by atoms with van der Waals surface area (Å²) in [4.78, 5) is 12.5. The third kappa shape index (κ3) is 4.30. The molecule has 4 heteroatoms. The predicted octanol–water partition coefficient (Wildman–Crippen LogP) is 3.34. The molecule has 0 fully saturated rings. The molecule has 1 rings (SSSR count). The Bertz CT molecular complexity index is 410. The summed E-state index contributed by atoms with van der Waals surface area (Å²) < 4.78 is 5.02. The number of anilines is 1. The van der Waals surface area contributed by atoms with Gasteiger partial charge in [-0.05, 0) is 25.1 Å². The van der Waals surface area contributed by atoms with Crippen LogP contribution >= 0.6 is 11.8 Å². The van der Waals surface area contributed by atoms with Gasteiger partial charge in [-0.15, -0.1) is 11.8 Å². The van der Waals surface area contributed by atoms with E-state index in [2.05, 4.69) is 20.8 Å². The maximum absolute atomic E-state index is 11.6. The van der Waals surface area contributed by atoms with E-state index >= 15 is 0 Å². The van der Waals surface area contributed by atoms with Crippen LogP contribution in [0.4, 0.5) is 5.69 Å². The first-order chi connectivity index (χ1) is 7.83. The standard InChI is InChI=1S/C13H19NO2S/c1-5-16-12(15)9-6-7-10(14)11(8-9)17-13(2,3)4/h6-8H,5,14H2,1-4H3. The number of nitrogen functional groups attached to an aromatic ring is 1. The van der Waals surface area contributed by atoms with Crippen LogP contribution in [-0.2, 0) is 4.74 Å². The maximum atomic E-state index is 11.6. The van der Waals surface area contributed by atoms with Gasteiger partial charge in [-0.2, -0.15) is 0 Å². The largest absolute Gasteiger partial charge is 0.462 e. The number of thioether (sulfide) groups is 1. The molecule has 0 saturated heterocycles. The van der Waals surface area contributed by atoms with Crippen LogP contribution in [0, 0.1) is 0 Å². The van der Waals surface area contributed by atoms with Gasteiger partial charge in [0.15, 0.2) is 0 Å². The molecule has 0 atom stereocenters. The predicted molar refractivity (Wildman–Crippen MR) is 72.4 cm³/mol. The van der Waals surface area contributed by atoms with Gasteiger partial charge in [0.1, 0.15) is 0 Å². The van der Waals surface area contributed by atoms with E-state index in [9.17, 15) is 4.79 Å². The fraction of sp³-hybridized carbons (Fsp3) is 0.462. The van der Waals surface area contributed by atoms with Gasteiger partial charge in [0.05, 0.1) is 12.2 Å². The van der Waals surface area contributed by atoms with Gasteiger partial charge < -0.3 is 10.5 Å². The Hall–Kier alpha value is -1.16. The van der Waals surface area contributed by atoms with E-state index < -0.39 is 0 Å². The number of rotatable bonds is 3. The average molecular weight is 253 g/mol. The van der Waals surface area contributed by atoms with Gasteiger partial charge in [-0.1, -0.05) is 20.8 Å². The van der Waals surface area contributed by atoms with Crippen molar-refractivity contribution < 1.29 is 9.53 Å². The Morgan fingerprint density at radius 1 is 1.41 bits per heavy atom. The van der Waals surface area contributed by atoms with Crippen molar-refractivity contribution in [1.82, 2.24) is 0 Å². The summed E-state index contributed by atoms with van der Waals surface area (Å²) in [5, 5.41) is 0. The van der Waals surface area contributed by atoms with Gasteiger partial charge in [0.25, 0.3) is 0 Å². The van der Waals surface area contributed by atoms with Crippen molar-refractivity contribution in [2.75, 3.05) is 12.3 Å². The second-order valence-electron chi connectivity index (χ2n) is 4.69. The third-order valence-corrected chi connectivity index (χ3v) is 3.13. The number of carbonyl (C=O) groups is 1. The summed E-state index contributed by atoms with van der Waals surface area (Å²) in [6, 6.07) is 5.24. The lowest BCUT2D eigenvalue weighted by atomic mass is 10.2. The van der Waals surface area contributed by atoms with Crippen molar-refractivity contribution in [3.8, 4) is 0 Å². The molecule has 0 heterocycles. The van der Waals surface area contributed by atoms with Crippen LogP contribution in [0.2, 0.25) is 0 Å². The summed E-state index contributed by atoms with van der Waals surface area (Å²) in [6.07, 6.45) is 0. The average Bonchev–Trinajstić information content (AvgIpc) is 2.19. The van der Waals surface area contributed by atoms with Crippen molar-refractivity contribution in [3.05, 3.63) is 23.8 Å². The van der Waals surface area contributed by atoms with Crippen LogP contribution in [0.3, 0.4) is 0 Å². The first-order valence-electron chi connectivity index (χ1n) is 5.59. The zero-order chi connectivity index (χ0) is 13.1. The smallest absolute Gasteiger partial charge is 0.338 e. The van der Waals surface area contributed by atoms with E-state index in [-0.39, 0.29) is 10.7 Å². The van der Waals surface area contributed by atoms with Crippen LogP contribution in [0.25, 0.3) is 0 Å². The lowest BCUT2D eigenvalue weighted by Crippen LogP contribution is -2.09. The summed E-state index contributed by atoms with van der Waals surface area (Å²) in [5.74, 6) is -0.303. The van der Waals surface area contributed by atoms with E-state index in [4.69, 9.17) is 10.5 Å². The minimum atomic E-state index is -0.303. The molecule has 0 aliphatic carbocycles.